The summed E-state index contributed by atoms with van der Waals surface area (Å²) in [6, 6.07) is 4.92. The molecule has 2 nitrogen and oxygen atoms in total. The summed E-state index contributed by atoms with van der Waals surface area (Å²) in [7, 11) is 0. The number of nitrogens with one attached hydrogen (secondary N) is 1. The molecule has 1 aromatic rings. The summed E-state index contributed by atoms with van der Waals surface area (Å²) in [5.74, 6) is 0.941. The van der Waals surface area contributed by atoms with Crippen molar-refractivity contribution in [3.05, 3.63) is 29.6 Å². The van der Waals surface area contributed by atoms with Gasteiger partial charge in [-0.05, 0) is 49.9 Å². The van der Waals surface area contributed by atoms with E-state index >= 15 is 0 Å². The van der Waals surface area contributed by atoms with Crippen LogP contribution < -0.4 is 10.1 Å². The van der Waals surface area contributed by atoms with Crippen LogP contribution in [0.4, 0.5) is 4.39 Å². The van der Waals surface area contributed by atoms with Gasteiger partial charge in [0.25, 0.3) is 0 Å². The SMILES string of the molecule is Cc1ccc(F)c(OCCNCC2CC2)c1. The lowest BCUT2D eigenvalue weighted by atomic mass is 10.2. The highest BCUT2D eigenvalue weighted by atomic mass is 19.1. The Labute approximate surface area is 95.8 Å². The largest absolute Gasteiger partial charge is 0.489 e. The van der Waals surface area contributed by atoms with Gasteiger partial charge in [-0.25, -0.2) is 4.39 Å². The Hall–Kier alpha value is -1.09. The van der Waals surface area contributed by atoms with E-state index in [1.54, 1.807) is 12.1 Å². The quantitative estimate of drug-likeness (QED) is 0.748. The van der Waals surface area contributed by atoms with Crippen molar-refractivity contribution in [2.45, 2.75) is 19.8 Å². The van der Waals surface area contributed by atoms with Crippen molar-refractivity contribution in [3.8, 4) is 5.75 Å². The second-order valence-electron chi connectivity index (χ2n) is 4.43. The zero-order chi connectivity index (χ0) is 11.4. The van der Waals surface area contributed by atoms with E-state index in [0.29, 0.717) is 12.4 Å². The normalized spacial score (nSPS) is 15.1. The maximum atomic E-state index is 13.3. The number of hydrogen-bond donors (Lipinski definition) is 1. The first-order valence-electron chi connectivity index (χ1n) is 5.85. The molecule has 3 heteroatoms. The second-order valence-corrected chi connectivity index (χ2v) is 4.43. The smallest absolute Gasteiger partial charge is 0.165 e. The van der Waals surface area contributed by atoms with E-state index in [4.69, 9.17) is 4.74 Å². The summed E-state index contributed by atoms with van der Waals surface area (Å²) in [6.07, 6.45) is 2.70. The Bertz CT molecular complexity index is 350. The van der Waals surface area contributed by atoms with Gasteiger partial charge in [0.1, 0.15) is 6.61 Å². The third-order valence-corrected chi connectivity index (χ3v) is 2.75. The Balaban J connectivity index is 1.69. The molecule has 0 heterocycles. The number of rotatable bonds is 6. The van der Waals surface area contributed by atoms with E-state index in [1.807, 2.05) is 6.92 Å². The molecular formula is C13H18FNO. The Morgan fingerprint density at radius 1 is 1.44 bits per heavy atom. The van der Waals surface area contributed by atoms with Gasteiger partial charge in [0, 0.05) is 6.54 Å². The van der Waals surface area contributed by atoms with E-state index in [0.717, 1.165) is 24.6 Å². The molecule has 0 radical (unpaired) electrons. The van der Waals surface area contributed by atoms with Gasteiger partial charge < -0.3 is 10.1 Å². The summed E-state index contributed by atoms with van der Waals surface area (Å²) < 4.78 is 18.7. The van der Waals surface area contributed by atoms with Crippen LogP contribution in [0, 0.1) is 18.7 Å². The van der Waals surface area contributed by atoms with Crippen LogP contribution in [0.25, 0.3) is 0 Å². The molecule has 0 unspecified atom stereocenters. The Morgan fingerprint density at radius 2 is 2.25 bits per heavy atom. The lowest BCUT2D eigenvalue weighted by molar-refractivity contribution is 0.298. The van der Waals surface area contributed by atoms with E-state index in [9.17, 15) is 4.39 Å². The van der Waals surface area contributed by atoms with Gasteiger partial charge in [-0.3, -0.25) is 0 Å². The monoisotopic (exact) mass is 223 g/mol. The maximum absolute atomic E-state index is 13.3. The van der Waals surface area contributed by atoms with Crippen molar-refractivity contribution in [3.63, 3.8) is 0 Å². The van der Waals surface area contributed by atoms with E-state index in [1.165, 1.54) is 18.9 Å². The van der Waals surface area contributed by atoms with Crippen LogP contribution in [0.3, 0.4) is 0 Å². The van der Waals surface area contributed by atoms with Crippen molar-refractivity contribution in [2.75, 3.05) is 19.7 Å². The zero-order valence-electron chi connectivity index (χ0n) is 9.63. The van der Waals surface area contributed by atoms with Crippen LogP contribution in [-0.4, -0.2) is 19.7 Å². The fraction of sp³-hybridized carbons (Fsp3) is 0.538. The minimum Gasteiger partial charge on any atom is -0.489 e. The molecule has 1 fully saturated rings. The van der Waals surface area contributed by atoms with Crippen molar-refractivity contribution < 1.29 is 9.13 Å². The molecule has 1 aliphatic rings. The molecule has 0 atom stereocenters. The number of hydrogen-bond acceptors (Lipinski definition) is 2. The summed E-state index contributed by atoms with van der Waals surface area (Å²) in [5.41, 5.74) is 1.02. The number of halogens is 1. The highest BCUT2D eigenvalue weighted by Crippen LogP contribution is 2.27. The first kappa shape index (κ1) is 11.4. The van der Waals surface area contributed by atoms with E-state index in [2.05, 4.69) is 5.32 Å². The summed E-state index contributed by atoms with van der Waals surface area (Å²) in [4.78, 5) is 0. The van der Waals surface area contributed by atoms with Crippen LogP contribution in [0.15, 0.2) is 18.2 Å². The number of aryl methyl sites for hydroxylation is 1. The molecular weight excluding hydrogens is 205 g/mol. The average molecular weight is 223 g/mol. The minimum atomic E-state index is -0.284. The molecule has 16 heavy (non-hydrogen) atoms. The average Bonchev–Trinajstić information content (AvgIpc) is 3.06. The van der Waals surface area contributed by atoms with Gasteiger partial charge in [0.2, 0.25) is 0 Å². The molecule has 0 aliphatic heterocycles. The van der Waals surface area contributed by atoms with Crippen LogP contribution >= 0.6 is 0 Å². The Morgan fingerprint density at radius 3 is 3.00 bits per heavy atom. The predicted molar refractivity (Wildman–Crippen MR) is 62.2 cm³/mol. The lowest BCUT2D eigenvalue weighted by Crippen LogP contribution is -2.23. The topological polar surface area (TPSA) is 21.3 Å². The molecule has 1 aliphatic carbocycles. The summed E-state index contributed by atoms with van der Waals surface area (Å²) in [5, 5.41) is 3.30. The van der Waals surface area contributed by atoms with Gasteiger partial charge in [0.15, 0.2) is 11.6 Å². The third-order valence-electron chi connectivity index (χ3n) is 2.75. The predicted octanol–water partition coefficient (Wildman–Crippen LogP) is 2.51. The molecule has 1 N–H and O–H groups in total. The molecule has 1 saturated carbocycles. The molecule has 2 rings (SSSR count). The van der Waals surface area contributed by atoms with Gasteiger partial charge in [-0.15, -0.1) is 0 Å². The van der Waals surface area contributed by atoms with Crippen molar-refractivity contribution in [2.24, 2.45) is 5.92 Å². The van der Waals surface area contributed by atoms with Gasteiger partial charge in [-0.2, -0.15) is 0 Å². The van der Waals surface area contributed by atoms with Gasteiger partial charge >= 0.3 is 0 Å². The zero-order valence-corrected chi connectivity index (χ0v) is 9.63. The number of ether oxygens (including phenoxy) is 1. The van der Waals surface area contributed by atoms with E-state index in [-0.39, 0.29) is 5.82 Å². The van der Waals surface area contributed by atoms with Crippen LogP contribution in [-0.2, 0) is 0 Å². The summed E-state index contributed by atoms with van der Waals surface area (Å²) >= 11 is 0. The van der Waals surface area contributed by atoms with Crippen molar-refractivity contribution in [1.29, 1.82) is 0 Å². The fourth-order valence-electron chi connectivity index (χ4n) is 1.58. The Kier molecular flexibility index (Phi) is 3.78. The standard InChI is InChI=1S/C13H18FNO/c1-10-2-5-12(14)13(8-10)16-7-6-15-9-11-3-4-11/h2,5,8,11,15H,3-4,6-7,9H2,1H3. The summed E-state index contributed by atoms with van der Waals surface area (Å²) in [6.45, 7) is 4.30. The number of benzene rings is 1. The van der Waals surface area contributed by atoms with Crippen LogP contribution in [0.5, 0.6) is 5.75 Å². The molecule has 0 saturated heterocycles. The molecule has 88 valence electrons. The van der Waals surface area contributed by atoms with Crippen molar-refractivity contribution >= 4 is 0 Å². The van der Waals surface area contributed by atoms with Crippen LogP contribution in [0.1, 0.15) is 18.4 Å². The highest BCUT2D eigenvalue weighted by molar-refractivity contribution is 5.29. The maximum Gasteiger partial charge on any atom is 0.165 e. The van der Waals surface area contributed by atoms with Crippen molar-refractivity contribution in [1.82, 2.24) is 5.32 Å². The molecule has 0 aromatic heterocycles. The highest BCUT2D eigenvalue weighted by Gasteiger charge is 2.19. The molecule has 1 aromatic carbocycles. The van der Waals surface area contributed by atoms with Gasteiger partial charge in [-0.1, -0.05) is 6.07 Å². The third kappa shape index (κ3) is 3.49. The molecule has 0 amide bonds. The minimum absolute atomic E-state index is 0.284. The van der Waals surface area contributed by atoms with Gasteiger partial charge in [0.05, 0.1) is 0 Å². The van der Waals surface area contributed by atoms with E-state index < -0.39 is 0 Å². The lowest BCUT2D eigenvalue weighted by Gasteiger charge is -2.08. The van der Waals surface area contributed by atoms with Crippen LogP contribution in [0.2, 0.25) is 0 Å². The first-order valence-corrected chi connectivity index (χ1v) is 5.85. The fourth-order valence-corrected chi connectivity index (χ4v) is 1.58. The molecule has 0 spiro atoms. The second kappa shape index (κ2) is 5.30. The molecule has 0 bridgehead atoms. The first-order chi connectivity index (χ1) is 7.75.